The zero-order valence-electron chi connectivity index (χ0n) is 14.4. The van der Waals surface area contributed by atoms with Gasteiger partial charge in [0.2, 0.25) is 5.91 Å². The molecule has 0 spiro atoms. The van der Waals surface area contributed by atoms with Gasteiger partial charge in [0, 0.05) is 37.1 Å². The van der Waals surface area contributed by atoms with Crippen LogP contribution >= 0.6 is 11.8 Å². The van der Waals surface area contributed by atoms with Crippen molar-refractivity contribution in [3.8, 4) is 11.4 Å². The number of aromatic amines is 1. The van der Waals surface area contributed by atoms with Gasteiger partial charge < -0.3 is 9.88 Å². The molecule has 4 rings (SSSR count). The van der Waals surface area contributed by atoms with Crippen molar-refractivity contribution in [1.82, 2.24) is 24.8 Å². The third-order valence-corrected chi connectivity index (χ3v) is 5.40. The van der Waals surface area contributed by atoms with E-state index in [2.05, 4.69) is 19.9 Å². The van der Waals surface area contributed by atoms with Crippen LogP contribution in [0.1, 0.15) is 18.3 Å². The molecule has 0 saturated carbocycles. The first-order valence-corrected chi connectivity index (χ1v) is 9.43. The molecule has 4 heterocycles. The van der Waals surface area contributed by atoms with Crippen LogP contribution < -0.4 is 0 Å². The van der Waals surface area contributed by atoms with Crippen LogP contribution in [0.3, 0.4) is 0 Å². The average molecular weight is 365 g/mol. The molecule has 0 unspecified atom stereocenters. The van der Waals surface area contributed by atoms with E-state index in [1.807, 2.05) is 42.2 Å². The summed E-state index contributed by atoms with van der Waals surface area (Å²) in [5.74, 6) is 0.942. The Balaban J connectivity index is 1.46. The fraction of sp³-hybridized carbons (Fsp3) is 0.263. The maximum Gasteiger partial charge on any atom is 0.236 e. The Labute approximate surface area is 156 Å². The summed E-state index contributed by atoms with van der Waals surface area (Å²) in [7, 11) is 0. The van der Waals surface area contributed by atoms with E-state index in [-0.39, 0.29) is 11.2 Å². The fourth-order valence-corrected chi connectivity index (χ4v) is 3.92. The molecular weight excluding hydrogens is 346 g/mol. The first kappa shape index (κ1) is 16.8. The molecule has 1 amide bonds. The normalized spacial score (nSPS) is 14.7. The lowest BCUT2D eigenvalue weighted by molar-refractivity contribution is -0.131. The van der Waals surface area contributed by atoms with Crippen molar-refractivity contribution in [1.29, 1.82) is 0 Å². The SMILES string of the molecule is C[C@@H](Sc1ccccn1)C(=O)N1CCc2nc(-c3cccnc3)[nH]c2C1. The summed E-state index contributed by atoms with van der Waals surface area (Å²) in [6.45, 7) is 3.19. The second-order valence-corrected chi connectivity index (χ2v) is 7.55. The Hall–Kier alpha value is -2.67. The van der Waals surface area contributed by atoms with Gasteiger partial charge in [-0.05, 0) is 31.2 Å². The summed E-state index contributed by atoms with van der Waals surface area (Å²) in [5, 5.41) is 0.693. The van der Waals surface area contributed by atoms with Crippen LogP contribution in [0.25, 0.3) is 11.4 Å². The van der Waals surface area contributed by atoms with Crippen molar-refractivity contribution in [3.63, 3.8) is 0 Å². The van der Waals surface area contributed by atoms with Crippen LogP contribution in [-0.4, -0.2) is 42.5 Å². The number of H-pyrrole nitrogens is 1. The number of nitrogens with one attached hydrogen (secondary N) is 1. The van der Waals surface area contributed by atoms with Crippen molar-refractivity contribution in [2.75, 3.05) is 6.54 Å². The van der Waals surface area contributed by atoms with Gasteiger partial charge in [0.15, 0.2) is 0 Å². The zero-order valence-corrected chi connectivity index (χ0v) is 15.2. The number of carbonyl (C=O) groups is 1. The number of aromatic nitrogens is 4. The predicted molar refractivity (Wildman–Crippen MR) is 100 cm³/mol. The summed E-state index contributed by atoms with van der Waals surface area (Å²) in [4.78, 5) is 31.2. The summed E-state index contributed by atoms with van der Waals surface area (Å²) in [5.41, 5.74) is 3.01. The largest absolute Gasteiger partial charge is 0.340 e. The number of thioether (sulfide) groups is 1. The molecule has 132 valence electrons. The monoisotopic (exact) mass is 365 g/mol. The van der Waals surface area contributed by atoms with Gasteiger partial charge in [-0.25, -0.2) is 9.97 Å². The highest BCUT2D eigenvalue weighted by molar-refractivity contribution is 8.00. The highest BCUT2D eigenvalue weighted by atomic mass is 32.2. The van der Waals surface area contributed by atoms with Gasteiger partial charge in [-0.1, -0.05) is 17.8 Å². The molecule has 26 heavy (non-hydrogen) atoms. The average Bonchev–Trinajstić information content (AvgIpc) is 3.12. The number of fused-ring (bicyclic) bond motifs is 1. The van der Waals surface area contributed by atoms with E-state index in [0.29, 0.717) is 13.1 Å². The minimum Gasteiger partial charge on any atom is -0.340 e. The fourth-order valence-electron chi connectivity index (χ4n) is 3.03. The Kier molecular flexibility index (Phi) is 4.71. The smallest absolute Gasteiger partial charge is 0.236 e. The van der Waals surface area contributed by atoms with E-state index in [1.54, 1.807) is 18.6 Å². The van der Waals surface area contributed by atoms with Gasteiger partial charge in [0.25, 0.3) is 0 Å². The van der Waals surface area contributed by atoms with Gasteiger partial charge in [0.05, 0.1) is 28.2 Å². The van der Waals surface area contributed by atoms with Gasteiger partial charge in [0.1, 0.15) is 5.82 Å². The van der Waals surface area contributed by atoms with E-state index in [1.165, 1.54) is 11.8 Å². The van der Waals surface area contributed by atoms with Crippen molar-refractivity contribution in [3.05, 3.63) is 60.3 Å². The van der Waals surface area contributed by atoms with Crippen LogP contribution in [0, 0.1) is 0 Å². The molecule has 1 N–H and O–H groups in total. The zero-order chi connectivity index (χ0) is 17.9. The molecule has 3 aromatic rings. The van der Waals surface area contributed by atoms with E-state index in [4.69, 9.17) is 0 Å². The van der Waals surface area contributed by atoms with Gasteiger partial charge in [-0.15, -0.1) is 0 Å². The van der Waals surface area contributed by atoms with Crippen LogP contribution in [0.5, 0.6) is 0 Å². The van der Waals surface area contributed by atoms with Crippen LogP contribution in [0.4, 0.5) is 0 Å². The van der Waals surface area contributed by atoms with Crippen molar-refractivity contribution in [2.24, 2.45) is 0 Å². The number of hydrogen-bond acceptors (Lipinski definition) is 5. The second-order valence-electron chi connectivity index (χ2n) is 6.19. The molecule has 1 aliphatic rings. The van der Waals surface area contributed by atoms with Gasteiger partial charge >= 0.3 is 0 Å². The number of pyridine rings is 2. The quantitative estimate of drug-likeness (QED) is 0.720. The molecule has 6 nitrogen and oxygen atoms in total. The molecule has 1 aliphatic heterocycles. The molecule has 0 saturated heterocycles. The summed E-state index contributed by atoms with van der Waals surface area (Å²) < 4.78 is 0. The van der Waals surface area contributed by atoms with Crippen LogP contribution in [0.2, 0.25) is 0 Å². The summed E-state index contributed by atoms with van der Waals surface area (Å²) in [6.07, 6.45) is 6.04. The van der Waals surface area contributed by atoms with Gasteiger partial charge in [-0.2, -0.15) is 0 Å². The molecule has 7 heteroatoms. The number of hydrogen-bond donors (Lipinski definition) is 1. The Morgan fingerprint density at radius 3 is 2.96 bits per heavy atom. The maximum atomic E-state index is 12.8. The molecule has 3 aromatic heterocycles. The molecule has 0 fully saturated rings. The lowest BCUT2D eigenvalue weighted by Gasteiger charge is -2.28. The highest BCUT2D eigenvalue weighted by Crippen LogP contribution is 2.26. The molecule has 0 aliphatic carbocycles. The van der Waals surface area contributed by atoms with E-state index >= 15 is 0 Å². The number of amides is 1. The number of carbonyl (C=O) groups excluding carboxylic acids is 1. The number of imidazole rings is 1. The topological polar surface area (TPSA) is 74.8 Å². The summed E-state index contributed by atoms with van der Waals surface area (Å²) in [6, 6.07) is 9.61. The second kappa shape index (κ2) is 7.29. The van der Waals surface area contributed by atoms with Gasteiger partial charge in [-0.3, -0.25) is 9.78 Å². The third-order valence-electron chi connectivity index (χ3n) is 4.36. The van der Waals surface area contributed by atoms with Crippen molar-refractivity contribution < 1.29 is 4.79 Å². The molecule has 0 aromatic carbocycles. The van der Waals surface area contributed by atoms with E-state index < -0.39 is 0 Å². The minimum atomic E-state index is -0.174. The molecule has 1 atom stereocenters. The lowest BCUT2D eigenvalue weighted by Crippen LogP contribution is -2.40. The number of nitrogens with zero attached hydrogens (tertiary/aromatic N) is 4. The molecule has 0 bridgehead atoms. The highest BCUT2D eigenvalue weighted by Gasteiger charge is 2.27. The third kappa shape index (κ3) is 3.48. The number of rotatable bonds is 4. The Bertz CT molecular complexity index is 897. The van der Waals surface area contributed by atoms with Crippen LogP contribution in [-0.2, 0) is 17.8 Å². The molecule has 0 radical (unpaired) electrons. The standard InChI is InChI=1S/C19H19N5OS/c1-13(26-17-6-2-3-9-21-17)19(25)24-10-7-15-16(12-24)23-18(22-15)14-5-4-8-20-11-14/h2-6,8-9,11,13H,7,10,12H2,1H3,(H,22,23)/t13-/m1/s1. The predicted octanol–water partition coefficient (Wildman–Crippen LogP) is 2.93. The molecular formula is C19H19N5OS. The van der Waals surface area contributed by atoms with Crippen molar-refractivity contribution in [2.45, 2.75) is 30.2 Å². The summed E-state index contributed by atoms with van der Waals surface area (Å²) >= 11 is 1.49. The van der Waals surface area contributed by atoms with E-state index in [9.17, 15) is 4.79 Å². The lowest BCUT2D eigenvalue weighted by atomic mass is 10.1. The first-order chi connectivity index (χ1) is 12.7. The Morgan fingerprint density at radius 1 is 1.27 bits per heavy atom. The first-order valence-electron chi connectivity index (χ1n) is 8.55. The Morgan fingerprint density at radius 2 is 2.19 bits per heavy atom. The van der Waals surface area contributed by atoms with Crippen LogP contribution in [0.15, 0.2) is 53.9 Å². The minimum absolute atomic E-state index is 0.129. The van der Waals surface area contributed by atoms with Crippen molar-refractivity contribution >= 4 is 17.7 Å². The van der Waals surface area contributed by atoms with E-state index in [0.717, 1.165) is 34.2 Å². The maximum absolute atomic E-state index is 12.8.